The van der Waals surface area contributed by atoms with Gasteiger partial charge in [0, 0.05) is 17.7 Å². The second kappa shape index (κ2) is 5.66. The summed E-state index contributed by atoms with van der Waals surface area (Å²) in [7, 11) is 0. The van der Waals surface area contributed by atoms with Crippen molar-refractivity contribution in [2.75, 3.05) is 0 Å². The molecule has 0 saturated carbocycles. The van der Waals surface area contributed by atoms with E-state index in [2.05, 4.69) is 0 Å². The van der Waals surface area contributed by atoms with Crippen molar-refractivity contribution in [1.82, 2.24) is 0 Å². The van der Waals surface area contributed by atoms with Crippen molar-refractivity contribution in [3.8, 4) is 11.5 Å². The number of nitrogens with zero attached hydrogens (tertiary/aromatic N) is 1. The molecule has 0 N–H and O–H groups in total. The number of carbonyl (C=O) groups is 1. The molecule has 0 spiro atoms. The Morgan fingerprint density at radius 1 is 1.25 bits per heavy atom. The first-order chi connectivity index (χ1) is 9.51. The molecule has 20 heavy (non-hydrogen) atoms. The summed E-state index contributed by atoms with van der Waals surface area (Å²) in [6.07, 6.45) is 0.485. The number of carbonyl (C=O) groups excluding carboxylic acids is 1. The highest BCUT2D eigenvalue weighted by atomic mass is 35.5. The molecular formula is C13H7ClFNO4. The van der Waals surface area contributed by atoms with Gasteiger partial charge in [0.25, 0.3) is 0 Å². The minimum absolute atomic E-state index is 0.0638. The van der Waals surface area contributed by atoms with E-state index in [1.165, 1.54) is 24.3 Å². The van der Waals surface area contributed by atoms with E-state index in [9.17, 15) is 19.3 Å². The predicted octanol–water partition coefficient (Wildman–Crippen LogP) is 3.99. The number of benzene rings is 2. The smallest absolute Gasteiger partial charge is 0.312 e. The predicted molar refractivity (Wildman–Crippen MR) is 70.0 cm³/mol. The number of nitro groups is 1. The Morgan fingerprint density at radius 2 is 2.00 bits per heavy atom. The van der Waals surface area contributed by atoms with Crippen LogP contribution in [0.2, 0.25) is 5.02 Å². The zero-order valence-corrected chi connectivity index (χ0v) is 10.6. The van der Waals surface area contributed by atoms with Crippen molar-refractivity contribution in [1.29, 1.82) is 0 Å². The topological polar surface area (TPSA) is 69.4 Å². The van der Waals surface area contributed by atoms with Crippen LogP contribution in [-0.4, -0.2) is 11.2 Å². The van der Waals surface area contributed by atoms with E-state index in [0.29, 0.717) is 6.29 Å². The average molecular weight is 296 g/mol. The number of aldehydes is 1. The number of nitro benzene ring substituents is 1. The Kier molecular flexibility index (Phi) is 3.95. The molecule has 0 unspecified atom stereocenters. The number of hydrogen-bond donors (Lipinski definition) is 0. The lowest BCUT2D eigenvalue weighted by Gasteiger charge is -2.07. The van der Waals surface area contributed by atoms with Crippen molar-refractivity contribution in [3.63, 3.8) is 0 Å². The van der Waals surface area contributed by atoms with Gasteiger partial charge in [0.15, 0.2) is 0 Å². The summed E-state index contributed by atoms with van der Waals surface area (Å²) in [4.78, 5) is 20.8. The molecule has 102 valence electrons. The van der Waals surface area contributed by atoms with Crippen LogP contribution in [0.5, 0.6) is 11.5 Å². The first kappa shape index (κ1) is 14.0. The van der Waals surface area contributed by atoms with Gasteiger partial charge in [-0.15, -0.1) is 0 Å². The van der Waals surface area contributed by atoms with Crippen molar-refractivity contribution in [2.24, 2.45) is 0 Å². The van der Waals surface area contributed by atoms with Crippen LogP contribution in [0, 0.1) is 15.9 Å². The van der Waals surface area contributed by atoms with Crippen LogP contribution in [0.4, 0.5) is 10.1 Å². The summed E-state index contributed by atoms with van der Waals surface area (Å²) < 4.78 is 18.5. The van der Waals surface area contributed by atoms with Crippen LogP contribution < -0.4 is 4.74 Å². The van der Waals surface area contributed by atoms with Gasteiger partial charge < -0.3 is 4.74 Å². The Balaban J connectivity index is 2.39. The van der Waals surface area contributed by atoms with Gasteiger partial charge in [0.1, 0.15) is 17.9 Å². The second-order valence-corrected chi connectivity index (χ2v) is 4.19. The van der Waals surface area contributed by atoms with E-state index in [4.69, 9.17) is 16.3 Å². The van der Waals surface area contributed by atoms with Gasteiger partial charge in [-0.2, -0.15) is 0 Å². The molecular weight excluding hydrogens is 289 g/mol. The third-order valence-electron chi connectivity index (χ3n) is 2.43. The number of halogens is 2. The maximum atomic E-state index is 13.3. The van der Waals surface area contributed by atoms with Gasteiger partial charge in [0.2, 0.25) is 5.75 Å². The van der Waals surface area contributed by atoms with Crippen molar-refractivity contribution in [3.05, 3.63) is 62.9 Å². The van der Waals surface area contributed by atoms with Crippen LogP contribution in [0.25, 0.3) is 0 Å². The lowest BCUT2D eigenvalue weighted by Crippen LogP contribution is -1.95. The molecule has 0 amide bonds. The number of ether oxygens (including phenoxy) is 1. The summed E-state index contributed by atoms with van der Waals surface area (Å²) in [5, 5.41) is 10.8. The minimum Gasteiger partial charge on any atom is -0.450 e. The fourth-order valence-electron chi connectivity index (χ4n) is 1.50. The molecule has 0 aliphatic rings. The van der Waals surface area contributed by atoms with Crippen molar-refractivity contribution in [2.45, 2.75) is 0 Å². The Labute approximate surface area is 117 Å². The molecule has 0 aromatic heterocycles. The van der Waals surface area contributed by atoms with E-state index >= 15 is 0 Å². The van der Waals surface area contributed by atoms with Crippen LogP contribution in [0.15, 0.2) is 36.4 Å². The molecule has 0 aliphatic carbocycles. The molecule has 7 heteroatoms. The molecule has 0 bridgehead atoms. The van der Waals surface area contributed by atoms with E-state index < -0.39 is 10.7 Å². The number of rotatable bonds is 4. The van der Waals surface area contributed by atoms with Gasteiger partial charge in [-0.3, -0.25) is 14.9 Å². The van der Waals surface area contributed by atoms with Crippen molar-refractivity contribution >= 4 is 23.6 Å². The minimum atomic E-state index is -0.698. The van der Waals surface area contributed by atoms with Gasteiger partial charge in [-0.05, 0) is 24.3 Å². The Hall–Kier alpha value is -2.47. The van der Waals surface area contributed by atoms with Gasteiger partial charge in [-0.1, -0.05) is 11.6 Å². The zero-order chi connectivity index (χ0) is 14.7. The first-order valence-corrected chi connectivity index (χ1v) is 5.75. The van der Waals surface area contributed by atoms with Crippen molar-refractivity contribution < 1.29 is 18.8 Å². The molecule has 0 fully saturated rings. The quantitative estimate of drug-likeness (QED) is 0.486. The summed E-state index contributed by atoms with van der Waals surface area (Å²) >= 11 is 5.53. The fourth-order valence-corrected chi connectivity index (χ4v) is 1.62. The van der Waals surface area contributed by atoms with Gasteiger partial charge in [-0.25, -0.2) is 4.39 Å². The highest BCUT2D eigenvalue weighted by Crippen LogP contribution is 2.32. The molecule has 2 aromatic rings. The Bertz CT molecular complexity index is 690. The average Bonchev–Trinajstić information content (AvgIpc) is 2.43. The molecule has 0 aliphatic heterocycles. The molecule has 0 saturated heterocycles. The normalized spacial score (nSPS) is 10.1. The van der Waals surface area contributed by atoms with Gasteiger partial charge >= 0.3 is 5.69 Å². The van der Waals surface area contributed by atoms with E-state index in [0.717, 1.165) is 12.1 Å². The summed E-state index contributed by atoms with van der Waals surface area (Å²) in [5.41, 5.74) is -0.240. The molecule has 2 rings (SSSR count). The van der Waals surface area contributed by atoms with Gasteiger partial charge in [0.05, 0.1) is 9.95 Å². The van der Waals surface area contributed by atoms with E-state index in [1.54, 1.807) is 0 Å². The maximum Gasteiger partial charge on any atom is 0.312 e. The van der Waals surface area contributed by atoms with Crippen LogP contribution >= 0.6 is 11.6 Å². The standard InChI is InChI=1S/C13H7ClFNO4/c14-10-3-2-9(6-11(10)15)20-13-4-1-8(7-17)5-12(13)16(18)19/h1-7H. The monoisotopic (exact) mass is 295 g/mol. The van der Waals surface area contributed by atoms with E-state index in [-0.39, 0.29) is 27.8 Å². The van der Waals surface area contributed by atoms with Crippen LogP contribution in [-0.2, 0) is 0 Å². The molecule has 0 atom stereocenters. The summed E-state index contributed by atoms with van der Waals surface area (Å²) in [6, 6.07) is 7.38. The zero-order valence-electron chi connectivity index (χ0n) is 9.88. The molecule has 5 nitrogen and oxygen atoms in total. The highest BCUT2D eigenvalue weighted by Gasteiger charge is 2.17. The third-order valence-corrected chi connectivity index (χ3v) is 2.74. The molecule has 0 heterocycles. The second-order valence-electron chi connectivity index (χ2n) is 3.78. The van der Waals surface area contributed by atoms with Crippen LogP contribution in [0.1, 0.15) is 10.4 Å². The first-order valence-electron chi connectivity index (χ1n) is 5.38. The fraction of sp³-hybridized carbons (Fsp3) is 0. The molecule has 2 aromatic carbocycles. The van der Waals surface area contributed by atoms with Crippen LogP contribution in [0.3, 0.4) is 0 Å². The third kappa shape index (κ3) is 2.92. The van der Waals surface area contributed by atoms with E-state index in [1.807, 2.05) is 0 Å². The lowest BCUT2D eigenvalue weighted by atomic mass is 10.2. The maximum absolute atomic E-state index is 13.3. The number of hydrogen-bond acceptors (Lipinski definition) is 4. The highest BCUT2D eigenvalue weighted by molar-refractivity contribution is 6.30. The summed E-state index contributed by atoms with van der Waals surface area (Å²) in [6.45, 7) is 0. The largest absolute Gasteiger partial charge is 0.450 e. The molecule has 0 radical (unpaired) electrons. The SMILES string of the molecule is O=Cc1ccc(Oc2ccc(Cl)c(F)c2)c([N+](=O)[O-])c1. The Morgan fingerprint density at radius 3 is 2.60 bits per heavy atom. The lowest BCUT2D eigenvalue weighted by molar-refractivity contribution is -0.385. The summed E-state index contributed by atoms with van der Waals surface area (Å²) in [5.74, 6) is -0.729.